The van der Waals surface area contributed by atoms with Crippen molar-refractivity contribution in [3.8, 4) is 0 Å². The van der Waals surface area contributed by atoms with Crippen molar-refractivity contribution in [2.24, 2.45) is 5.73 Å². The van der Waals surface area contributed by atoms with E-state index >= 15 is 0 Å². The molecule has 1 aliphatic carbocycles. The second-order valence-electron chi connectivity index (χ2n) is 5.80. The van der Waals surface area contributed by atoms with E-state index in [0.717, 1.165) is 25.7 Å². The summed E-state index contributed by atoms with van der Waals surface area (Å²) in [5.74, 6) is -0.208. The summed E-state index contributed by atoms with van der Waals surface area (Å²) in [6, 6.07) is 7.13. The number of nitrogens with one attached hydrogen (secondary N) is 1. The molecular formula is C16H23ClN2O2. The number of hydrogen-bond donors (Lipinski definition) is 2. The van der Waals surface area contributed by atoms with Gasteiger partial charge in [0.2, 0.25) is 5.91 Å². The van der Waals surface area contributed by atoms with E-state index < -0.39 is 0 Å². The molecule has 0 radical (unpaired) electrons. The van der Waals surface area contributed by atoms with Gasteiger partial charge in [0.1, 0.15) is 6.61 Å². The van der Waals surface area contributed by atoms with E-state index in [-0.39, 0.29) is 18.1 Å². The van der Waals surface area contributed by atoms with Gasteiger partial charge in [0, 0.05) is 5.54 Å². The molecule has 0 aromatic heterocycles. The van der Waals surface area contributed by atoms with Gasteiger partial charge in [0.05, 0.1) is 17.3 Å². The lowest BCUT2D eigenvalue weighted by Crippen LogP contribution is -2.44. The lowest BCUT2D eigenvalue weighted by Gasteiger charge is -2.27. The average molecular weight is 311 g/mol. The van der Waals surface area contributed by atoms with Gasteiger partial charge in [-0.3, -0.25) is 4.79 Å². The van der Waals surface area contributed by atoms with E-state index in [9.17, 15) is 4.79 Å². The maximum atomic E-state index is 11.8. The minimum atomic E-state index is -0.277. The van der Waals surface area contributed by atoms with Crippen LogP contribution in [0, 0.1) is 0 Å². The van der Waals surface area contributed by atoms with Crippen LogP contribution in [0.3, 0.4) is 0 Å². The number of carbonyl (C=O) groups is 1. The van der Waals surface area contributed by atoms with E-state index in [1.54, 1.807) is 12.1 Å². The second-order valence-corrected chi connectivity index (χ2v) is 6.20. The van der Waals surface area contributed by atoms with Crippen molar-refractivity contribution in [1.82, 2.24) is 0 Å². The van der Waals surface area contributed by atoms with Crippen LogP contribution in [0.5, 0.6) is 0 Å². The van der Waals surface area contributed by atoms with Gasteiger partial charge in [-0.2, -0.15) is 0 Å². The predicted molar refractivity (Wildman–Crippen MR) is 85.5 cm³/mol. The Morgan fingerprint density at radius 3 is 2.57 bits per heavy atom. The molecule has 0 atom stereocenters. The quantitative estimate of drug-likeness (QED) is 0.820. The van der Waals surface area contributed by atoms with Crippen LogP contribution in [0.25, 0.3) is 0 Å². The molecule has 0 unspecified atom stereocenters. The summed E-state index contributed by atoms with van der Waals surface area (Å²) in [5.41, 5.74) is 6.67. The Labute approximate surface area is 131 Å². The minimum absolute atomic E-state index is 0.00414. The number of anilines is 1. The SMILES string of the molecule is NC1(COCC(=O)Nc2ccccc2Cl)CCCCCC1. The van der Waals surface area contributed by atoms with E-state index in [1.165, 1.54) is 12.8 Å². The van der Waals surface area contributed by atoms with Gasteiger partial charge in [-0.15, -0.1) is 0 Å². The van der Waals surface area contributed by atoms with Crippen LogP contribution in [0.1, 0.15) is 38.5 Å². The second kappa shape index (κ2) is 7.78. The first kappa shape index (κ1) is 16.3. The molecule has 1 saturated carbocycles. The minimum Gasteiger partial charge on any atom is -0.370 e. The van der Waals surface area contributed by atoms with Crippen LogP contribution in [0.4, 0.5) is 5.69 Å². The standard InChI is InChI=1S/C16H23ClN2O2/c17-13-7-3-4-8-14(13)19-15(20)11-21-12-16(18)9-5-1-2-6-10-16/h3-4,7-8H,1-2,5-6,9-12,18H2,(H,19,20). The highest BCUT2D eigenvalue weighted by Crippen LogP contribution is 2.25. The van der Waals surface area contributed by atoms with Gasteiger partial charge >= 0.3 is 0 Å². The Morgan fingerprint density at radius 2 is 1.90 bits per heavy atom. The molecule has 0 aliphatic heterocycles. The summed E-state index contributed by atoms with van der Waals surface area (Å²) in [5, 5.41) is 3.25. The molecule has 5 heteroatoms. The van der Waals surface area contributed by atoms with Crippen LogP contribution in [-0.4, -0.2) is 24.7 Å². The van der Waals surface area contributed by atoms with E-state index in [4.69, 9.17) is 22.1 Å². The van der Waals surface area contributed by atoms with Gasteiger partial charge in [0.25, 0.3) is 0 Å². The van der Waals surface area contributed by atoms with Crippen LogP contribution in [0.15, 0.2) is 24.3 Å². The molecule has 1 fully saturated rings. The lowest BCUT2D eigenvalue weighted by atomic mass is 9.93. The summed E-state index contributed by atoms with van der Waals surface area (Å²) < 4.78 is 5.53. The fourth-order valence-corrected chi connectivity index (χ4v) is 2.86. The molecule has 116 valence electrons. The molecular weight excluding hydrogens is 288 g/mol. The van der Waals surface area contributed by atoms with Crippen molar-refractivity contribution in [1.29, 1.82) is 0 Å². The highest BCUT2D eigenvalue weighted by Gasteiger charge is 2.26. The number of hydrogen-bond acceptors (Lipinski definition) is 3. The maximum absolute atomic E-state index is 11.8. The van der Waals surface area contributed by atoms with Crippen LogP contribution < -0.4 is 11.1 Å². The average Bonchev–Trinajstić information content (AvgIpc) is 2.66. The Bertz CT molecular complexity index is 471. The number of amides is 1. The van der Waals surface area contributed by atoms with Gasteiger partial charge in [0.15, 0.2) is 0 Å². The van der Waals surface area contributed by atoms with Crippen LogP contribution in [0.2, 0.25) is 5.02 Å². The zero-order chi connectivity index (χ0) is 15.1. The molecule has 0 heterocycles. The molecule has 21 heavy (non-hydrogen) atoms. The van der Waals surface area contributed by atoms with E-state index in [0.29, 0.717) is 17.3 Å². The first-order valence-electron chi connectivity index (χ1n) is 7.50. The lowest BCUT2D eigenvalue weighted by molar-refractivity contribution is -0.121. The first-order chi connectivity index (χ1) is 10.1. The Morgan fingerprint density at radius 1 is 1.24 bits per heavy atom. The number of ether oxygens (including phenoxy) is 1. The Kier molecular flexibility index (Phi) is 6.03. The third-order valence-electron chi connectivity index (χ3n) is 3.87. The zero-order valence-electron chi connectivity index (χ0n) is 12.2. The molecule has 0 saturated heterocycles. The smallest absolute Gasteiger partial charge is 0.250 e. The largest absolute Gasteiger partial charge is 0.370 e. The normalized spacial score (nSPS) is 18.0. The third-order valence-corrected chi connectivity index (χ3v) is 4.20. The van der Waals surface area contributed by atoms with Gasteiger partial charge < -0.3 is 15.8 Å². The van der Waals surface area contributed by atoms with Gasteiger partial charge in [-0.05, 0) is 25.0 Å². The van der Waals surface area contributed by atoms with Crippen LogP contribution in [-0.2, 0) is 9.53 Å². The fourth-order valence-electron chi connectivity index (χ4n) is 2.67. The van der Waals surface area contributed by atoms with Crippen molar-refractivity contribution in [2.45, 2.75) is 44.1 Å². The van der Waals surface area contributed by atoms with Gasteiger partial charge in [-0.25, -0.2) is 0 Å². The molecule has 0 bridgehead atoms. The molecule has 1 aromatic carbocycles. The molecule has 2 rings (SSSR count). The highest BCUT2D eigenvalue weighted by atomic mass is 35.5. The number of benzene rings is 1. The monoisotopic (exact) mass is 310 g/mol. The van der Waals surface area contributed by atoms with Crippen molar-refractivity contribution < 1.29 is 9.53 Å². The van der Waals surface area contributed by atoms with Crippen molar-refractivity contribution in [2.75, 3.05) is 18.5 Å². The Balaban J connectivity index is 1.75. The predicted octanol–water partition coefficient (Wildman–Crippen LogP) is 3.35. The third kappa shape index (κ3) is 5.30. The maximum Gasteiger partial charge on any atom is 0.250 e. The van der Waals surface area contributed by atoms with Crippen molar-refractivity contribution in [3.05, 3.63) is 29.3 Å². The van der Waals surface area contributed by atoms with E-state index in [2.05, 4.69) is 5.32 Å². The van der Waals surface area contributed by atoms with Crippen LogP contribution >= 0.6 is 11.6 Å². The molecule has 1 aromatic rings. The number of carbonyl (C=O) groups excluding carboxylic acids is 1. The topological polar surface area (TPSA) is 64.3 Å². The molecule has 4 nitrogen and oxygen atoms in total. The molecule has 0 spiro atoms. The van der Waals surface area contributed by atoms with E-state index in [1.807, 2.05) is 12.1 Å². The summed E-state index contributed by atoms with van der Waals surface area (Å²) in [4.78, 5) is 11.8. The first-order valence-corrected chi connectivity index (χ1v) is 7.88. The zero-order valence-corrected chi connectivity index (χ0v) is 13.0. The fraction of sp³-hybridized carbons (Fsp3) is 0.562. The molecule has 1 aliphatic rings. The summed E-state index contributed by atoms with van der Waals surface area (Å²) in [6.45, 7) is 0.438. The molecule has 1 amide bonds. The number of para-hydroxylation sites is 1. The highest BCUT2D eigenvalue weighted by molar-refractivity contribution is 6.33. The number of nitrogens with two attached hydrogens (primary N) is 1. The summed E-state index contributed by atoms with van der Waals surface area (Å²) >= 11 is 5.99. The van der Waals surface area contributed by atoms with Gasteiger partial charge in [-0.1, -0.05) is 49.4 Å². The molecule has 3 N–H and O–H groups in total. The number of rotatable bonds is 5. The number of halogens is 1. The summed E-state index contributed by atoms with van der Waals surface area (Å²) in [6.07, 6.45) is 6.72. The Hall–Kier alpha value is -1.10. The van der Waals surface area contributed by atoms with Crippen molar-refractivity contribution in [3.63, 3.8) is 0 Å². The van der Waals surface area contributed by atoms with Crippen molar-refractivity contribution >= 4 is 23.2 Å². The summed E-state index contributed by atoms with van der Waals surface area (Å²) in [7, 11) is 0.